The average Bonchev–Trinajstić information content (AvgIpc) is 3.65. The van der Waals surface area contributed by atoms with Crippen LogP contribution in [0.3, 0.4) is 0 Å². The van der Waals surface area contributed by atoms with E-state index < -0.39 is 0 Å². The maximum absolute atomic E-state index is 10.0. The number of benzene rings is 1. The summed E-state index contributed by atoms with van der Waals surface area (Å²) in [6, 6.07) is 12.7. The molecule has 0 radical (unpaired) electrons. The van der Waals surface area contributed by atoms with Crippen molar-refractivity contribution in [1.82, 2.24) is 4.90 Å². The van der Waals surface area contributed by atoms with Crippen LogP contribution >= 0.6 is 0 Å². The number of anilines is 1. The third-order valence-corrected chi connectivity index (χ3v) is 12.4. The van der Waals surface area contributed by atoms with Gasteiger partial charge >= 0.3 is 0 Å². The van der Waals surface area contributed by atoms with Crippen molar-refractivity contribution >= 4 is 5.69 Å². The topological polar surface area (TPSA) is 30.3 Å². The molecule has 7 unspecified atom stereocenters. The summed E-state index contributed by atoms with van der Waals surface area (Å²) in [5.74, 6) is 1.65. The molecular formula is C44H45N3. The van der Waals surface area contributed by atoms with Crippen molar-refractivity contribution in [3.05, 3.63) is 148 Å². The van der Waals surface area contributed by atoms with Gasteiger partial charge in [-0.05, 0) is 104 Å². The van der Waals surface area contributed by atoms with E-state index in [4.69, 9.17) is 0 Å². The lowest BCUT2D eigenvalue weighted by atomic mass is 9.72. The Morgan fingerprint density at radius 3 is 2.68 bits per heavy atom. The molecule has 236 valence electrons. The van der Waals surface area contributed by atoms with Crippen LogP contribution in [0.1, 0.15) is 76.2 Å². The average molecular weight is 616 g/mol. The fourth-order valence-corrected chi connectivity index (χ4v) is 10.2. The molecule has 3 heteroatoms. The normalized spacial score (nSPS) is 33.6. The van der Waals surface area contributed by atoms with Gasteiger partial charge in [0.15, 0.2) is 0 Å². The SMILES string of the molecule is CC1C(C2=C(C#N)CCC=C2)=CC=CC1C1=CC(N2C3=C(CCCC3)C3CCC=CC32)=CC(N2c3ccccc3C3C=CC=CC32)C1. The van der Waals surface area contributed by atoms with Crippen LogP contribution in [-0.2, 0) is 0 Å². The van der Waals surface area contributed by atoms with E-state index in [0.29, 0.717) is 35.8 Å². The van der Waals surface area contributed by atoms with Crippen LogP contribution < -0.4 is 4.90 Å². The van der Waals surface area contributed by atoms with Gasteiger partial charge < -0.3 is 9.80 Å². The minimum absolute atomic E-state index is 0.259. The molecule has 1 aromatic carbocycles. The van der Waals surface area contributed by atoms with E-state index in [0.717, 1.165) is 30.4 Å². The van der Waals surface area contributed by atoms with E-state index in [1.807, 2.05) is 0 Å². The summed E-state index contributed by atoms with van der Waals surface area (Å²) in [4.78, 5) is 5.55. The van der Waals surface area contributed by atoms with Crippen molar-refractivity contribution in [1.29, 1.82) is 5.26 Å². The zero-order valence-electron chi connectivity index (χ0n) is 27.6. The monoisotopic (exact) mass is 615 g/mol. The van der Waals surface area contributed by atoms with Gasteiger partial charge in [0, 0.05) is 40.4 Å². The lowest BCUT2D eigenvalue weighted by Crippen LogP contribution is -2.43. The van der Waals surface area contributed by atoms with Gasteiger partial charge in [0.05, 0.1) is 24.2 Å². The van der Waals surface area contributed by atoms with Crippen LogP contribution in [0.4, 0.5) is 5.69 Å². The van der Waals surface area contributed by atoms with Crippen LogP contribution in [0.15, 0.2) is 143 Å². The number of allylic oxidation sites excluding steroid dienone is 13. The minimum atomic E-state index is 0.259. The Kier molecular flexibility index (Phi) is 7.22. The van der Waals surface area contributed by atoms with Gasteiger partial charge in [-0.25, -0.2) is 0 Å². The predicted octanol–water partition coefficient (Wildman–Crippen LogP) is 10.1. The van der Waals surface area contributed by atoms with E-state index in [-0.39, 0.29) is 6.04 Å². The van der Waals surface area contributed by atoms with Crippen LogP contribution in [0, 0.1) is 29.1 Å². The third-order valence-electron chi connectivity index (χ3n) is 12.4. The molecule has 3 nitrogen and oxygen atoms in total. The number of fused-ring (bicyclic) bond motifs is 5. The summed E-state index contributed by atoms with van der Waals surface area (Å²) >= 11 is 0. The van der Waals surface area contributed by atoms with Crippen LogP contribution in [-0.4, -0.2) is 23.0 Å². The number of nitriles is 1. The summed E-state index contributed by atoms with van der Waals surface area (Å²) < 4.78 is 0. The zero-order valence-corrected chi connectivity index (χ0v) is 27.6. The van der Waals surface area contributed by atoms with Crippen molar-refractivity contribution in [2.24, 2.45) is 17.8 Å². The first-order valence-electron chi connectivity index (χ1n) is 18.2. The summed E-state index contributed by atoms with van der Waals surface area (Å²) in [7, 11) is 0. The van der Waals surface area contributed by atoms with Crippen molar-refractivity contribution in [2.75, 3.05) is 4.90 Å². The van der Waals surface area contributed by atoms with Crippen molar-refractivity contribution in [2.45, 2.75) is 88.8 Å². The molecule has 0 aromatic heterocycles. The van der Waals surface area contributed by atoms with Gasteiger partial charge in [-0.15, -0.1) is 0 Å². The Labute approximate surface area is 280 Å². The van der Waals surface area contributed by atoms with E-state index in [2.05, 4.69) is 126 Å². The lowest BCUT2D eigenvalue weighted by molar-refractivity contribution is 0.319. The molecule has 8 aliphatic rings. The molecule has 6 aliphatic carbocycles. The predicted molar refractivity (Wildman–Crippen MR) is 192 cm³/mol. The second-order valence-electron chi connectivity index (χ2n) is 14.8. The number of para-hydroxylation sites is 1. The quantitative estimate of drug-likeness (QED) is 0.316. The Bertz CT molecular complexity index is 1840. The smallest absolute Gasteiger partial charge is 0.0953 e. The Morgan fingerprint density at radius 2 is 1.74 bits per heavy atom. The molecule has 1 aromatic rings. The van der Waals surface area contributed by atoms with Gasteiger partial charge in [0.1, 0.15) is 0 Å². The van der Waals surface area contributed by atoms with Crippen LogP contribution in [0.25, 0.3) is 0 Å². The zero-order chi connectivity index (χ0) is 31.5. The van der Waals surface area contributed by atoms with Crippen LogP contribution in [0.2, 0.25) is 0 Å². The molecule has 2 aliphatic heterocycles. The lowest BCUT2D eigenvalue weighted by Gasteiger charge is -2.42. The fourth-order valence-electron chi connectivity index (χ4n) is 10.2. The molecule has 0 saturated heterocycles. The summed E-state index contributed by atoms with van der Waals surface area (Å²) in [6.07, 6.45) is 41.4. The highest BCUT2D eigenvalue weighted by molar-refractivity contribution is 5.67. The Balaban J connectivity index is 1.15. The first kappa shape index (κ1) is 28.9. The molecule has 0 bridgehead atoms. The minimum Gasteiger partial charge on any atom is -0.357 e. The molecule has 0 amide bonds. The van der Waals surface area contributed by atoms with Gasteiger partial charge in [-0.3, -0.25) is 0 Å². The standard InChI is InChI=1S/C44H45N3/c1-29-34(19-12-20-35(29)36-14-3-2-13-30(36)28-45)31-25-32(46-41-21-8-4-15-37(41)38-16-5-9-22-42(38)46)27-33(26-31)47-43-23-10-6-17-39(43)40-18-7-11-24-44(40)47/h3-5,8-10,12,14-16,19-23,26-27,29,32,34,37,39,41,43H,2,6-7,11,13,17-18,24-25H2,1H3. The first-order chi connectivity index (χ1) is 23.2. The highest BCUT2D eigenvalue weighted by Gasteiger charge is 2.45. The van der Waals surface area contributed by atoms with Gasteiger partial charge in [-0.1, -0.05) is 97.5 Å². The summed E-state index contributed by atoms with van der Waals surface area (Å²) in [5, 5.41) is 10.0. The maximum atomic E-state index is 10.0. The number of nitrogens with zero attached hydrogens (tertiary/aromatic N) is 3. The Morgan fingerprint density at radius 1 is 0.872 bits per heavy atom. The molecule has 9 rings (SSSR count). The van der Waals surface area contributed by atoms with Crippen LogP contribution in [0.5, 0.6) is 0 Å². The highest BCUT2D eigenvalue weighted by atomic mass is 15.2. The van der Waals surface area contributed by atoms with Crippen molar-refractivity contribution in [3.8, 4) is 6.07 Å². The van der Waals surface area contributed by atoms with E-state index in [1.165, 1.54) is 66.6 Å². The number of rotatable bonds is 4. The molecule has 7 atom stereocenters. The van der Waals surface area contributed by atoms with Gasteiger partial charge in [0.25, 0.3) is 0 Å². The van der Waals surface area contributed by atoms with Gasteiger partial charge in [-0.2, -0.15) is 5.26 Å². The molecular weight excluding hydrogens is 571 g/mol. The first-order valence-corrected chi connectivity index (χ1v) is 18.2. The number of hydrogen-bond acceptors (Lipinski definition) is 3. The molecule has 0 saturated carbocycles. The van der Waals surface area contributed by atoms with E-state index >= 15 is 0 Å². The summed E-state index contributed by atoms with van der Waals surface area (Å²) in [6.45, 7) is 2.39. The highest BCUT2D eigenvalue weighted by Crippen LogP contribution is 2.52. The third kappa shape index (κ3) is 4.67. The Hall–Kier alpha value is -4.29. The fraction of sp³-hybridized carbons (Fsp3) is 0.386. The van der Waals surface area contributed by atoms with Crippen molar-refractivity contribution in [3.63, 3.8) is 0 Å². The molecule has 0 N–H and O–H groups in total. The summed E-state index contributed by atoms with van der Waals surface area (Å²) in [5.41, 5.74) is 12.6. The van der Waals surface area contributed by atoms with Crippen molar-refractivity contribution < 1.29 is 0 Å². The van der Waals surface area contributed by atoms with Gasteiger partial charge in [0.2, 0.25) is 0 Å². The number of hydrogen-bond donors (Lipinski definition) is 0. The second-order valence-corrected chi connectivity index (χ2v) is 14.8. The maximum Gasteiger partial charge on any atom is 0.0953 e. The molecule has 2 heterocycles. The second kappa shape index (κ2) is 11.7. The van der Waals surface area contributed by atoms with E-state index in [1.54, 1.807) is 11.3 Å². The van der Waals surface area contributed by atoms with E-state index in [9.17, 15) is 5.26 Å². The molecule has 0 spiro atoms. The molecule has 0 fully saturated rings. The largest absolute Gasteiger partial charge is 0.357 e. The molecule has 47 heavy (non-hydrogen) atoms.